The number of halogens is 3. The Bertz CT molecular complexity index is 2350. The Kier molecular flexibility index (Phi) is 12.0. The van der Waals surface area contributed by atoms with Crippen LogP contribution in [-0.2, 0) is 19.6 Å². The van der Waals surface area contributed by atoms with Crippen LogP contribution in [0.2, 0.25) is 0 Å². The number of fused-ring (bicyclic) bond motifs is 1. The zero-order valence-electron chi connectivity index (χ0n) is 34.5. The van der Waals surface area contributed by atoms with Crippen LogP contribution < -0.4 is 24.2 Å². The van der Waals surface area contributed by atoms with Crippen molar-refractivity contribution in [2.45, 2.75) is 95.1 Å². The van der Waals surface area contributed by atoms with Crippen LogP contribution in [0.15, 0.2) is 66.2 Å². The Balaban J connectivity index is 1.22. The summed E-state index contributed by atoms with van der Waals surface area (Å²) in [4.78, 5) is 56.3. The smallest absolute Gasteiger partial charge is 0.497 e. The summed E-state index contributed by atoms with van der Waals surface area (Å²) in [5.41, 5.74) is -1.83. The first kappa shape index (κ1) is 44.0. The van der Waals surface area contributed by atoms with Crippen LogP contribution in [-0.4, -0.2) is 108 Å². The number of ether oxygens (including phenoxy) is 3. The Labute approximate surface area is 356 Å². The third-order valence-electron chi connectivity index (χ3n) is 11.3. The molecular formula is C42H49F3N6O8S2. The van der Waals surface area contributed by atoms with Gasteiger partial charge in [-0.15, -0.1) is 19.8 Å². The molecule has 0 bridgehead atoms. The van der Waals surface area contributed by atoms with Crippen molar-refractivity contribution in [1.82, 2.24) is 24.8 Å². The predicted octanol–water partition coefficient (Wildman–Crippen LogP) is 6.65. The van der Waals surface area contributed by atoms with Gasteiger partial charge in [0.1, 0.15) is 29.2 Å². The highest BCUT2D eigenvalue weighted by atomic mass is 32.2. The van der Waals surface area contributed by atoms with Crippen molar-refractivity contribution in [3.05, 3.63) is 61.2 Å². The number of aromatic nitrogens is 1. The van der Waals surface area contributed by atoms with Crippen LogP contribution in [0.3, 0.4) is 0 Å². The van der Waals surface area contributed by atoms with Gasteiger partial charge in [0.05, 0.1) is 24.6 Å². The molecule has 2 saturated carbocycles. The summed E-state index contributed by atoms with van der Waals surface area (Å²) in [6.45, 7) is 11.7. The molecule has 4 amide bonds. The fourth-order valence-corrected chi connectivity index (χ4v) is 9.99. The zero-order chi connectivity index (χ0) is 44.1. The number of amidine groups is 1. The van der Waals surface area contributed by atoms with E-state index in [9.17, 15) is 26.4 Å². The monoisotopic (exact) mass is 886 g/mol. The minimum atomic E-state index is -4.86. The summed E-state index contributed by atoms with van der Waals surface area (Å²) >= 11 is 1.45. The minimum absolute atomic E-state index is 0.0236. The average Bonchev–Trinajstić information content (AvgIpc) is 4.13. The van der Waals surface area contributed by atoms with Crippen LogP contribution in [0.25, 0.3) is 22.0 Å². The van der Waals surface area contributed by atoms with E-state index in [2.05, 4.69) is 26.3 Å². The molecule has 2 N–H and O–H groups in total. The number of thioether (sulfide) groups is 1. The molecule has 61 heavy (non-hydrogen) atoms. The number of aliphatic imine (C=N–C) groups is 1. The van der Waals surface area contributed by atoms with Gasteiger partial charge in [-0.2, -0.15) is 0 Å². The third kappa shape index (κ3) is 9.41. The van der Waals surface area contributed by atoms with Gasteiger partial charge in [-0.1, -0.05) is 38.6 Å². The van der Waals surface area contributed by atoms with Crippen molar-refractivity contribution in [3.8, 4) is 28.6 Å². The maximum atomic E-state index is 15.2. The number of pyridine rings is 1. The number of rotatable bonds is 12. The Morgan fingerprint density at radius 2 is 1.79 bits per heavy atom. The first-order chi connectivity index (χ1) is 28.7. The molecule has 19 heteroatoms. The van der Waals surface area contributed by atoms with Crippen LogP contribution in [0.1, 0.15) is 59.8 Å². The highest BCUT2D eigenvalue weighted by molar-refractivity contribution is 8.13. The fraction of sp³-hybridized carbons (Fsp3) is 0.500. The largest absolute Gasteiger partial charge is 0.573 e. The van der Waals surface area contributed by atoms with E-state index in [-0.39, 0.29) is 25.3 Å². The molecule has 2 aromatic carbocycles. The van der Waals surface area contributed by atoms with Crippen molar-refractivity contribution < 1.29 is 50.2 Å². The number of amides is 4. The molecule has 1 unspecified atom stereocenters. The molecule has 0 radical (unpaired) electrons. The minimum Gasteiger partial charge on any atom is -0.497 e. The summed E-state index contributed by atoms with van der Waals surface area (Å²) < 4.78 is 83.2. The predicted molar refractivity (Wildman–Crippen MR) is 225 cm³/mol. The summed E-state index contributed by atoms with van der Waals surface area (Å²) in [6.07, 6.45) is -2.15. The normalized spacial score (nSPS) is 23.4. The SMILES string of the molecule is C=C[C@@H]1C[C@@]1(C(=O)NS(=O)(=O)C1CC1)N(C(=O)[C@@H](NC1=NCCCS1)C(C)(C)C)C(=O)N1C[C@H](Oc2nc(-c3ccc(OC(F)(F)F)cc3)cc3cc(OC)ccc23)CC1C. The van der Waals surface area contributed by atoms with Gasteiger partial charge in [0.2, 0.25) is 15.9 Å². The number of hydrogen-bond donors (Lipinski definition) is 2. The van der Waals surface area contributed by atoms with Gasteiger partial charge in [0.15, 0.2) is 5.17 Å². The first-order valence-corrected chi connectivity index (χ1v) is 22.6. The Morgan fingerprint density at radius 3 is 2.38 bits per heavy atom. The standard InChI is InChI=1S/C42H49F3N6O8S2/c1-7-27-22-41(27,37(53)49-61(55,56)31-14-15-31)51(36(52)34(40(3,4)5)48-38-46-17-8-18-60-38)39(54)50-23-30(19-24(50)2)58-35-32-16-13-29(57-6)20-26(32)21-33(47-35)25-9-11-28(12-10-25)59-42(43,44)45/h7,9-13,16,20-21,24,27,30-31,34H,1,8,14-15,17-19,22-23H2,2-6H3,(H,46,48)(H,49,53)/t24?,27-,30-,34-,41-/m1/s1. The van der Waals surface area contributed by atoms with Crippen LogP contribution in [0.5, 0.6) is 17.4 Å². The molecule has 4 aliphatic rings. The van der Waals surface area contributed by atoms with E-state index >= 15 is 9.59 Å². The highest BCUT2D eigenvalue weighted by Gasteiger charge is 2.68. The van der Waals surface area contributed by atoms with Gasteiger partial charge < -0.3 is 24.4 Å². The molecule has 2 aliphatic carbocycles. The maximum absolute atomic E-state index is 15.2. The van der Waals surface area contributed by atoms with Crippen molar-refractivity contribution in [3.63, 3.8) is 0 Å². The van der Waals surface area contributed by atoms with Crippen molar-refractivity contribution in [2.75, 3.05) is 26.0 Å². The second kappa shape index (κ2) is 16.7. The van der Waals surface area contributed by atoms with E-state index in [4.69, 9.17) is 14.5 Å². The number of nitrogens with one attached hydrogen (secondary N) is 2. The number of nitrogens with zero attached hydrogens (tertiary/aromatic N) is 4. The topological polar surface area (TPSA) is 169 Å². The molecular weight excluding hydrogens is 838 g/mol. The lowest BCUT2D eigenvalue weighted by atomic mass is 9.85. The summed E-state index contributed by atoms with van der Waals surface area (Å²) in [5, 5.41) is 4.31. The Hall–Kier alpha value is -5.04. The molecule has 2 aliphatic heterocycles. The maximum Gasteiger partial charge on any atom is 0.573 e. The van der Waals surface area contributed by atoms with E-state index in [1.54, 1.807) is 31.2 Å². The molecule has 3 aromatic rings. The van der Waals surface area contributed by atoms with Gasteiger partial charge in [-0.25, -0.2) is 23.1 Å². The first-order valence-electron chi connectivity index (χ1n) is 20.0. The lowest BCUT2D eigenvalue weighted by Gasteiger charge is -2.40. The van der Waals surface area contributed by atoms with Gasteiger partial charge >= 0.3 is 12.4 Å². The van der Waals surface area contributed by atoms with E-state index < -0.39 is 80.3 Å². The average molecular weight is 887 g/mol. The second-order valence-corrected chi connectivity index (χ2v) is 19.9. The van der Waals surface area contributed by atoms with Gasteiger partial charge in [-0.05, 0) is 91.9 Å². The molecule has 1 saturated heterocycles. The number of imide groups is 1. The number of likely N-dealkylation sites (tertiary alicyclic amines) is 1. The molecule has 328 valence electrons. The summed E-state index contributed by atoms with van der Waals surface area (Å²) in [7, 11) is -2.55. The number of alkyl halides is 3. The lowest BCUT2D eigenvalue weighted by molar-refractivity contribution is -0.274. The number of hydrogen-bond acceptors (Lipinski definition) is 12. The summed E-state index contributed by atoms with van der Waals surface area (Å²) in [5.74, 6) is -1.31. The molecule has 7 rings (SSSR count). The van der Waals surface area contributed by atoms with E-state index in [1.807, 2.05) is 20.8 Å². The summed E-state index contributed by atoms with van der Waals surface area (Å²) in [6, 6.07) is 9.88. The molecule has 3 heterocycles. The van der Waals surface area contributed by atoms with Crippen molar-refractivity contribution in [1.29, 1.82) is 0 Å². The molecule has 1 aromatic heterocycles. The quantitative estimate of drug-likeness (QED) is 0.187. The number of sulfonamides is 1. The third-order valence-corrected chi connectivity index (χ3v) is 14.1. The fourth-order valence-electron chi connectivity index (χ4n) is 7.78. The van der Waals surface area contributed by atoms with Crippen molar-refractivity contribution >= 4 is 55.6 Å². The highest BCUT2D eigenvalue weighted by Crippen LogP contribution is 2.52. The molecule has 3 fully saturated rings. The van der Waals surface area contributed by atoms with Gasteiger partial charge in [-0.3, -0.25) is 19.3 Å². The second-order valence-electron chi connectivity index (χ2n) is 16.9. The van der Waals surface area contributed by atoms with Gasteiger partial charge in [0.25, 0.3) is 11.8 Å². The zero-order valence-corrected chi connectivity index (χ0v) is 36.1. The van der Waals surface area contributed by atoms with E-state index in [0.29, 0.717) is 52.3 Å². The molecule has 0 spiro atoms. The van der Waals surface area contributed by atoms with E-state index in [1.165, 1.54) is 54.1 Å². The number of methoxy groups -OCH3 is 1. The number of carbonyl (C=O) groups excluding carboxylic acids is 3. The Morgan fingerprint density at radius 1 is 1.08 bits per heavy atom. The van der Waals surface area contributed by atoms with Crippen LogP contribution in [0.4, 0.5) is 18.0 Å². The molecule has 14 nitrogen and oxygen atoms in total. The number of carbonyl (C=O) groups is 3. The van der Waals surface area contributed by atoms with Crippen molar-refractivity contribution in [2.24, 2.45) is 16.3 Å². The lowest BCUT2D eigenvalue weighted by Crippen LogP contribution is -2.65. The molecule has 5 atom stereocenters. The number of benzene rings is 2. The van der Waals surface area contributed by atoms with E-state index in [0.717, 1.165) is 17.1 Å². The number of urea groups is 1. The van der Waals surface area contributed by atoms with Crippen LogP contribution >= 0.6 is 11.8 Å². The van der Waals surface area contributed by atoms with Crippen LogP contribution in [0, 0.1) is 11.3 Å². The van der Waals surface area contributed by atoms with Gasteiger partial charge in [0, 0.05) is 41.6 Å².